The van der Waals surface area contributed by atoms with E-state index in [9.17, 15) is 14.7 Å². The minimum atomic E-state index is -0.839. The number of hydrogen-bond acceptors (Lipinski definition) is 4. The van der Waals surface area contributed by atoms with Crippen LogP contribution in [0, 0.1) is 13.8 Å². The van der Waals surface area contributed by atoms with Crippen LogP contribution in [0.2, 0.25) is 0 Å². The van der Waals surface area contributed by atoms with Crippen molar-refractivity contribution in [3.05, 3.63) is 95.4 Å². The molecule has 2 aromatic heterocycles. The third-order valence-corrected chi connectivity index (χ3v) is 5.45. The van der Waals surface area contributed by atoms with Crippen LogP contribution in [0.3, 0.4) is 0 Å². The van der Waals surface area contributed by atoms with Crippen molar-refractivity contribution in [1.29, 1.82) is 0 Å². The molecule has 0 bridgehead atoms. The quantitative estimate of drug-likeness (QED) is 0.429. The van der Waals surface area contributed by atoms with Gasteiger partial charge in [-0.2, -0.15) is 10.2 Å². The number of carboxylic acids is 1. The second kappa shape index (κ2) is 9.48. The molecule has 0 fully saturated rings. The van der Waals surface area contributed by atoms with Gasteiger partial charge >= 0.3 is 5.97 Å². The first-order valence-electron chi connectivity index (χ1n) is 10.6. The summed E-state index contributed by atoms with van der Waals surface area (Å²) in [6.07, 6.45) is 3.44. The van der Waals surface area contributed by atoms with Crippen molar-refractivity contribution in [2.45, 2.75) is 26.7 Å². The molecule has 1 amide bonds. The van der Waals surface area contributed by atoms with Crippen LogP contribution in [0.25, 0.3) is 16.9 Å². The van der Waals surface area contributed by atoms with E-state index < -0.39 is 5.97 Å². The smallest absolute Gasteiger partial charge is 0.303 e. The number of hydrogen-bond donors (Lipinski definition) is 2. The number of aryl methyl sites for hydroxylation is 3. The van der Waals surface area contributed by atoms with E-state index in [1.54, 1.807) is 12.1 Å². The van der Waals surface area contributed by atoms with Crippen LogP contribution in [0.4, 0.5) is 5.69 Å². The molecule has 2 N–H and O–H groups in total. The van der Waals surface area contributed by atoms with Gasteiger partial charge in [0.25, 0.3) is 5.91 Å². The Hall–Kier alpha value is -4.26. The summed E-state index contributed by atoms with van der Waals surface area (Å²) in [5, 5.41) is 19.5. The molecule has 4 aromatic rings. The molecule has 0 radical (unpaired) electrons. The van der Waals surface area contributed by atoms with E-state index in [0.29, 0.717) is 17.7 Å². The van der Waals surface area contributed by atoms with Crippen LogP contribution in [-0.4, -0.2) is 31.7 Å². The lowest BCUT2D eigenvalue weighted by Gasteiger charge is -2.17. The molecule has 2 aromatic carbocycles. The average Bonchev–Trinajstić information content (AvgIpc) is 3.22. The lowest BCUT2D eigenvalue weighted by molar-refractivity contribution is -0.136. The SMILES string of the molecule is Cc1ccc(-c2ccc(CCC(=O)O)n2-c2ccc(C(=O)Nc3ccnnc3)cc2C)cc1. The molecule has 7 heteroatoms. The lowest BCUT2D eigenvalue weighted by Crippen LogP contribution is -2.13. The highest BCUT2D eigenvalue weighted by molar-refractivity contribution is 6.04. The number of carboxylic acid groups (broad SMARTS) is 1. The number of carbonyl (C=O) groups is 2. The topological polar surface area (TPSA) is 97.1 Å². The molecular formula is C26H24N4O3. The van der Waals surface area contributed by atoms with Gasteiger partial charge in [0.15, 0.2) is 0 Å². The minimum Gasteiger partial charge on any atom is -0.481 e. The van der Waals surface area contributed by atoms with E-state index in [-0.39, 0.29) is 12.3 Å². The third kappa shape index (κ3) is 4.98. The van der Waals surface area contributed by atoms with E-state index in [1.165, 1.54) is 18.0 Å². The molecule has 0 atom stereocenters. The molecule has 2 heterocycles. The van der Waals surface area contributed by atoms with Crippen molar-refractivity contribution in [2.24, 2.45) is 0 Å². The van der Waals surface area contributed by atoms with Gasteiger partial charge in [-0.1, -0.05) is 29.8 Å². The lowest BCUT2D eigenvalue weighted by atomic mass is 10.1. The number of benzene rings is 2. The van der Waals surface area contributed by atoms with Crippen LogP contribution in [-0.2, 0) is 11.2 Å². The van der Waals surface area contributed by atoms with Crippen molar-refractivity contribution in [1.82, 2.24) is 14.8 Å². The highest BCUT2D eigenvalue weighted by atomic mass is 16.4. The molecular weight excluding hydrogens is 416 g/mol. The van der Waals surface area contributed by atoms with Gasteiger partial charge in [-0.3, -0.25) is 9.59 Å². The highest BCUT2D eigenvalue weighted by Crippen LogP contribution is 2.30. The van der Waals surface area contributed by atoms with Crippen LogP contribution in [0.1, 0.15) is 33.6 Å². The van der Waals surface area contributed by atoms with E-state index in [0.717, 1.165) is 28.2 Å². The molecule has 166 valence electrons. The minimum absolute atomic E-state index is 0.0385. The Morgan fingerprint density at radius 1 is 0.970 bits per heavy atom. The predicted molar refractivity (Wildman–Crippen MR) is 127 cm³/mol. The molecule has 0 saturated heterocycles. The van der Waals surface area contributed by atoms with E-state index in [1.807, 2.05) is 38.1 Å². The summed E-state index contributed by atoms with van der Waals surface area (Å²) in [6, 6.07) is 19.4. The molecule has 7 nitrogen and oxygen atoms in total. The van der Waals surface area contributed by atoms with Crippen LogP contribution < -0.4 is 5.32 Å². The van der Waals surface area contributed by atoms with E-state index >= 15 is 0 Å². The normalized spacial score (nSPS) is 10.7. The fourth-order valence-corrected chi connectivity index (χ4v) is 3.76. The Morgan fingerprint density at radius 3 is 2.42 bits per heavy atom. The maximum atomic E-state index is 12.7. The molecule has 4 rings (SSSR count). The van der Waals surface area contributed by atoms with Crippen molar-refractivity contribution in [2.75, 3.05) is 5.32 Å². The zero-order valence-corrected chi connectivity index (χ0v) is 18.4. The summed E-state index contributed by atoms with van der Waals surface area (Å²) < 4.78 is 2.08. The first kappa shape index (κ1) is 22.0. The molecule has 0 unspecified atom stereocenters. The van der Waals surface area contributed by atoms with Gasteiger partial charge in [-0.05, 0) is 67.8 Å². The van der Waals surface area contributed by atoms with E-state index in [2.05, 4.69) is 44.3 Å². The van der Waals surface area contributed by atoms with Crippen molar-refractivity contribution in [3.8, 4) is 16.9 Å². The summed E-state index contributed by atoms with van der Waals surface area (Å²) in [5.41, 5.74) is 6.96. The maximum absolute atomic E-state index is 12.7. The summed E-state index contributed by atoms with van der Waals surface area (Å²) in [6.45, 7) is 3.98. The molecule has 0 aliphatic rings. The third-order valence-electron chi connectivity index (χ3n) is 5.45. The fourth-order valence-electron chi connectivity index (χ4n) is 3.76. The van der Waals surface area contributed by atoms with Crippen LogP contribution in [0.15, 0.2) is 73.1 Å². The first-order chi connectivity index (χ1) is 15.9. The van der Waals surface area contributed by atoms with Gasteiger partial charge in [0.05, 0.1) is 30.2 Å². The zero-order chi connectivity index (χ0) is 23.4. The van der Waals surface area contributed by atoms with Gasteiger partial charge in [-0.15, -0.1) is 0 Å². The van der Waals surface area contributed by atoms with Crippen LogP contribution in [0.5, 0.6) is 0 Å². The second-order valence-corrected chi connectivity index (χ2v) is 7.89. The summed E-state index contributed by atoms with van der Waals surface area (Å²) >= 11 is 0. The Balaban J connectivity index is 1.72. The Morgan fingerprint density at radius 2 is 1.76 bits per heavy atom. The van der Waals surface area contributed by atoms with Gasteiger partial charge in [0.1, 0.15) is 0 Å². The predicted octanol–water partition coefficient (Wildman–Crippen LogP) is 4.82. The number of nitrogens with zero attached hydrogens (tertiary/aromatic N) is 3. The number of nitrogens with one attached hydrogen (secondary N) is 1. The number of carbonyl (C=O) groups excluding carboxylic acids is 1. The van der Waals surface area contributed by atoms with Crippen molar-refractivity contribution >= 4 is 17.6 Å². The van der Waals surface area contributed by atoms with Crippen LogP contribution >= 0.6 is 0 Å². The highest BCUT2D eigenvalue weighted by Gasteiger charge is 2.16. The molecule has 0 spiro atoms. The Labute approximate surface area is 191 Å². The largest absolute Gasteiger partial charge is 0.481 e. The van der Waals surface area contributed by atoms with Gasteiger partial charge in [-0.25, -0.2) is 0 Å². The molecule has 0 aliphatic heterocycles. The molecule has 33 heavy (non-hydrogen) atoms. The number of aliphatic carboxylic acids is 1. The summed E-state index contributed by atoms with van der Waals surface area (Å²) in [4.78, 5) is 23.9. The Kier molecular flexibility index (Phi) is 6.31. The number of aromatic nitrogens is 3. The molecule has 0 aliphatic carbocycles. The van der Waals surface area contributed by atoms with Crippen molar-refractivity contribution in [3.63, 3.8) is 0 Å². The number of anilines is 1. The monoisotopic (exact) mass is 440 g/mol. The number of amides is 1. The van der Waals surface area contributed by atoms with Crippen molar-refractivity contribution < 1.29 is 14.7 Å². The van der Waals surface area contributed by atoms with E-state index in [4.69, 9.17) is 0 Å². The van der Waals surface area contributed by atoms with Gasteiger partial charge < -0.3 is 15.0 Å². The second-order valence-electron chi connectivity index (χ2n) is 7.89. The summed E-state index contributed by atoms with van der Waals surface area (Å²) in [5.74, 6) is -1.08. The zero-order valence-electron chi connectivity index (χ0n) is 18.4. The number of rotatable bonds is 7. The Bertz CT molecular complexity index is 1300. The standard InChI is InChI=1S/C26H24N4O3/c1-17-3-5-19(6-4-17)24-11-8-22(9-12-25(31)32)30(24)23-10-7-20(15-18(23)2)26(33)29-21-13-14-27-28-16-21/h3-8,10-11,13-16H,9,12H2,1-2H3,(H,31,32)(H,27,29,33). The first-order valence-corrected chi connectivity index (χ1v) is 10.6. The average molecular weight is 441 g/mol. The van der Waals surface area contributed by atoms with Gasteiger partial charge in [0, 0.05) is 16.9 Å². The maximum Gasteiger partial charge on any atom is 0.303 e. The summed E-state index contributed by atoms with van der Waals surface area (Å²) in [7, 11) is 0. The van der Waals surface area contributed by atoms with Gasteiger partial charge in [0.2, 0.25) is 0 Å². The molecule has 0 saturated carbocycles. The fraction of sp³-hybridized carbons (Fsp3) is 0.154.